The number of hydrogen-bond donors (Lipinski definition) is 1. The number of nitrogens with one attached hydrogen (secondary N) is 1. The van der Waals surface area contributed by atoms with Gasteiger partial charge >= 0.3 is 0 Å². The van der Waals surface area contributed by atoms with Crippen molar-refractivity contribution in [3.05, 3.63) is 42.1 Å². The molecule has 1 N–H and O–H groups in total. The van der Waals surface area contributed by atoms with E-state index in [0.29, 0.717) is 16.7 Å². The van der Waals surface area contributed by atoms with Crippen LogP contribution in [0.3, 0.4) is 0 Å². The van der Waals surface area contributed by atoms with Crippen LogP contribution in [0, 0.1) is 0 Å². The van der Waals surface area contributed by atoms with Gasteiger partial charge in [-0.15, -0.1) is 0 Å². The number of sulfonamides is 1. The zero-order chi connectivity index (χ0) is 15.0. The molecule has 21 heavy (non-hydrogen) atoms. The number of rotatable bonds is 3. The molecule has 108 valence electrons. The molecule has 0 aliphatic heterocycles. The van der Waals surface area contributed by atoms with Gasteiger partial charge in [-0.1, -0.05) is 11.6 Å². The molecule has 0 aliphatic carbocycles. The summed E-state index contributed by atoms with van der Waals surface area (Å²) in [5.41, 5.74) is 1.63. The predicted molar refractivity (Wildman–Crippen MR) is 78.6 cm³/mol. The van der Waals surface area contributed by atoms with Gasteiger partial charge in [0.25, 0.3) is 10.0 Å². The zero-order valence-electron chi connectivity index (χ0n) is 10.9. The Hall–Kier alpha value is -2.19. The molecule has 0 radical (unpaired) electrons. The Labute approximate surface area is 125 Å². The van der Waals surface area contributed by atoms with Gasteiger partial charge in [-0.3, -0.25) is 14.7 Å². The van der Waals surface area contributed by atoms with E-state index in [4.69, 9.17) is 11.6 Å². The summed E-state index contributed by atoms with van der Waals surface area (Å²) in [6.07, 6.45) is 4.44. The molecule has 0 amide bonds. The second-order valence-corrected chi connectivity index (χ2v) is 6.27. The van der Waals surface area contributed by atoms with Crippen molar-refractivity contribution in [2.24, 2.45) is 7.05 Å². The molecule has 0 atom stereocenters. The Balaban J connectivity index is 1.99. The van der Waals surface area contributed by atoms with Crippen molar-refractivity contribution in [3.63, 3.8) is 0 Å². The van der Waals surface area contributed by atoms with E-state index in [2.05, 4.69) is 19.7 Å². The lowest BCUT2D eigenvalue weighted by Crippen LogP contribution is -2.14. The Morgan fingerprint density at radius 1 is 1.14 bits per heavy atom. The highest BCUT2D eigenvalue weighted by molar-refractivity contribution is 7.92. The highest BCUT2D eigenvalue weighted by Crippen LogP contribution is 2.23. The molecule has 1 aromatic carbocycles. The van der Waals surface area contributed by atoms with Crippen LogP contribution in [0.25, 0.3) is 11.0 Å². The zero-order valence-corrected chi connectivity index (χ0v) is 12.4. The molecular weight excluding hydrogens is 314 g/mol. The Bertz CT molecular complexity index is 922. The van der Waals surface area contributed by atoms with Crippen molar-refractivity contribution >= 4 is 38.3 Å². The number of aryl methyl sites for hydroxylation is 1. The molecule has 3 rings (SSSR count). The second kappa shape index (κ2) is 4.97. The molecule has 7 nitrogen and oxygen atoms in total. The van der Waals surface area contributed by atoms with Crippen LogP contribution < -0.4 is 4.72 Å². The van der Waals surface area contributed by atoms with Crippen molar-refractivity contribution in [2.45, 2.75) is 5.03 Å². The van der Waals surface area contributed by atoms with Gasteiger partial charge in [0.1, 0.15) is 5.15 Å². The SMILES string of the molecule is Cn1cnc(S(=O)(=O)Nc2ccc3nccnc3c2)c1Cl. The maximum absolute atomic E-state index is 12.3. The predicted octanol–water partition coefficient (Wildman–Crippen LogP) is 1.82. The number of aromatic nitrogens is 4. The number of nitrogens with zero attached hydrogens (tertiary/aromatic N) is 4. The fourth-order valence-electron chi connectivity index (χ4n) is 1.80. The maximum Gasteiger partial charge on any atom is 0.282 e. The molecular formula is C12H10ClN5O2S. The first-order valence-corrected chi connectivity index (χ1v) is 7.74. The van der Waals surface area contributed by atoms with Gasteiger partial charge < -0.3 is 4.57 Å². The van der Waals surface area contributed by atoms with Crippen LogP contribution >= 0.6 is 11.6 Å². The van der Waals surface area contributed by atoms with E-state index in [1.54, 1.807) is 31.4 Å². The van der Waals surface area contributed by atoms with Crippen molar-refractivity contribution in [1.29, 1.82) is 0 Å². The average molecular weight is 324 g/mol. The number of benzene rings is 1. The number of fused-ring (bicyclic) bond motifs is 1. The summed E-state index contributed by atoms with van der Waals surface area (Å²) >= 11 is 5.91. The number of anilines is 1. The molecule has 0 aliphatic rings. The van der Waals surface area contributed by atoms with E-state index < -0.39 is 10.0 Å². The molecule has 2 aromatic heterocycles. The van der Waals surface area contributed by atoms with Gasteiger partial charge in [-0.05, 0) is 18.2 Å². The third kappa shape index (κ3) is 2.55. The Morgan fingerprint density at radius 3 is 2.52 bits per heavy atom. The maximum atomic E-state index is 12.3. The number of imidazole rings is 1. The van der Waals surface area contributed by atoms with Gasteiger partial charge in [-0.2, -0.15) is 8.42 Å². The van der Waals surface area contributed by atoms with E-state index in [1.807, 2.05) is 0 Å². The van der Waals surface area contributed by atoms with Gasteiger partial charge in [-0.25, -0.2) is 4.98 Å². The lowest BCUT2D eigenvalue weighted by Gasteiger charge is -2.07. The minimum absolute atomic E-state index is 0.0445. The lowest BCUT2D eigenvalue weighted by atomic mass is 10.3. The first kappa shape index (κ1) is 13.8. The van der Waals surface area contributed by atoms with Crippen LogP contribution in [0.4, 0.5) is 5.69 Å². The first-order chi connectivity index (χ1) is 9.97. The van der Waals surface area contributed by atoms with Crippen molar-refractivity contribution in [2.75, 3.05) is 4.72 Å². The summed E-state index contributed by atoms with van der Waals surface area (Å²) in [6, 6.07) is 4.88. The smallest absolute Gasteiger partial charge is 0.282 e. The molecule has 0 saturated carbocycles. The third-order valence-electron chi connectivity index (χ3n) is 2.81. The fraction of sp³-hybridized carbons (Fsp3) is 0.0833. The summed E-state index contributed by atoms with van der Waals surface area (Å²) in [5.74, 6) is 0. The minimum atomic E-state index is -3.85. The molecule has 0 spiro atoms. The highest BCUT2D eigenvalue weighted by Gasteiger charge is 2.22. The number of hydrogen-bond acceptors (Lipinski definition) is 5. The molecule has 2 heterocycles. The summed E-state index contributed by atoms with van der Waals surface area (Å²) in [4.78, 5) is 12.0. The van der Waals surface area contributed by atoms with Crippen LogP contribution in [0.15, 0.2) is 41.9 Å². The molecule has 3 aromatic rings. The first-order valence-electron chi connectivity index (χ1n) is 5.88. The standard InChI is InChI=1S/C12H10ClN5O2S/c1-18-7-16-12(11(18)13)21(19,20)17-8-2-3-9-10(6-8)15-5-4-14-9/h2-7,17H,1H3. The Morgan fingerprint density at radius 2 is 1.86 bits per heavy atom. The van der Waals surface area contributed by atoms with E-state index in [1.165, 1.54) is 17.1 Å². The number of halogens is 1. The lowest BCUT2D eigenvalue weighted by molar-refractivity contribution is 0.598. The van der Waals surface area contributed by atoms with E-state index >= 15 is 0 Å². The van der Waals surface area contributed by atoms with Crippen LogP contribution in [0.2, 0.25) is 5.15 Å². The van der Waals surface area contributed by atoms with Crippen LogP contribution in [0.1, 0.15) is 0 Å². The molecule has 9 heteroatoms. The van der Waals surface area contributed by atoms with E-state index in [9.17, 15) is 8.42 Å². The summed E-state index contributed by atoms with van der Waals surface area (Å²) in [5, 5.41) is -0.172. The molecule has 0 unspecified atom stereocenters. The molecule has 0 saturated heterocycles. The van der Waals surface area contributed by atoms with E-state index in [-0.39, 0.29) is 10.2 Å². The van der Waals surface area contributed by atoms with Gasteiger partial charge in [0, 0.05) is 19.4 Å². The molecule has 0 bridgehead atoms. The average Bonchev–Trinajstić information content (AvgIpc) is 2.79. The van der Waals surface area contributed by atoms with Crippen molar-refractivity contribution in [3.8, 4) is 0 Å². The van der Waals surface area contributed by atoms with Crippen LogP contribution in [0.5, 0.6) is 0 Å². The van der Waals surface area contributed by atoms with E-state index in [0.717, 1.165) is 0 Å². The third-order valence-corrected chi connectivity index (χ3v) is 4.68. The van der Waals surface area contributed by atoms with Crippen LogP contribution in [-0.4, -0.2) is 27.9 Å². The summed E-state index contributed by atoms with van der Waals surface area (Å²) < 4.78 is 28.4. The quantitative estimate of drug-likeness (QED) is 0.794. The summed E-state index contributed by atoms with van der Waals surface area (Å²) in [6.45, 7) is 0. The Kier molecular flexibility index (Phi) is 3.26. The topological polar surface area (TPSA) is 89.8 Å². The summed E-state index contributed by atoms with van der Waals surface area (Å²) in [7, 11) is -2.24. The molecule has 0 fully saturated rings. The highest BCUT2D eigenvalue weighted by atomic mass is 35.5. The van der Waals surface area contributed by atoms with Gasteiger partial charge in [0.15, 0.2) is 0 Å². The van der Waals surface area contributed by atoms with Gasteiger partial charge in [0.2, 0.25) is 5.03 Å². The van der Waals surface area contributed by atoms with Crippen molar-refractivity contribution in [1.82, 2.24) is 19.5 Å². The fourth-order valence-corrected chi connectivity index (χ4v) is 3.29. The second-order valence-electron chi connectivity index (χ2n) is 4.32. The van der Waals surface area contributed by atoms with Crippen molar-refractivity contribution < 1.29 is 8.42 Å². The monoisotopic (exact) mass is 323 g/mol. The minimum Gasteiger partial charge on any atom is -0.324 e. The van der Waals surface area contributed by atoms with Gasteiger partial charge in [0.05, 0.1) is 23.0 Å². The largest absolute Gasteiger partial charge is 0.324 e. The van der Waals surface area contributed by atoms with Crippen LogP contribution in [-0.2, 0) is 17.1 Å². The normalized spacial score (nSPS) is 11.7.